The predicted octanol–water partition coefficient (Wildman–Crippen LogP) is 3.74. The quantitative estimate of drug-likeness (QED) is 0.756. The number of hydrogen-bond acceptors (Lipinski definition) is 4. The Morgan fingerprint density at radius 3 is 2.20 bits per heavy atom. The molecular weight excluding hydrogens is 338 g/mol. The third kappa shape index (κ3) is 4.58. The standard InChI is InChI=1S/C19H17NO4S/c1-25(22,23)13-17-11-12-18(24-17)19(21)20-16-9-7-15(8-10-16)14-5-3-2-4-6-14/h2-12H,13H2,1H3,(H,20,21). The maximum absolute atomic E-state index is 12.2. The molecule has 1 N–H and O–H groups in total. The van der Waals surface area contributed by atoms with Crippen LogP contribution in [-0.4, -0.2) is 20.6 Å². The molecule has 0 unspecified atom stereocenters. The molecule has 0 aliphatic rings. The van der Waals surface area contributed by atoms with Crippen molar-refractivity contribution in [1.82, 2.24) is 0 Å². The number of furan rings is 1. The summed E-state index contributed by atoms with van der Waals surface area (Å²) in [7, 11) is -3.21. The molecule has 5 nitrogen and oxygen atoms in total. The Morgan fingerprint density at radius 1 is 0.920 bits per heavy atom. The molecule has 0 fully saturated rings. The lowest BCUT2D eigenvalue weighted by Crippen LogP contribution is -2.10. The van der Waals surface area contributed by atoms with Gasteiger partial charge in [0.25, 0.3) is 5.91 Å². The van der Waals surface area contributed by atoms with E-state index < -0.39 is 15.7 Å². The third-order valence-corrected chi connectivity index (χ3v) is 4.35. The van der Waals surface area contributed by atoms with E-state index >= 15 is 0 Å². The normalized spacial score (nSPS) is 11.2. The summed E-state index contributed by atoms with van der Waals surface area (Å²) in [5, 5.41) is 2.73. The summed E-state index contributed by atoms with van der Waals surface area (Å²) in [6.07, 6.45) is 1.11. The summed E-state index contributed by atoms with van der Waals surface area (Å²) in [6, 6.07) is 20.3. The molecule has 0 saturated heterocycles. The lowest BCUT2D eigenvalue weighted by Gasteiger charge is -2.05. The first-order chi connectivity index (χ1) is 11.9. The second-order valence-corrected chi connectivity index (χ2v) is 7.87. The minimum absolute atomic E-state index is 0.0748. The number of amides is 1. The number of sulfone groups is 1. The maximum Gasteiger partial charge on any atom is 0.291 e. The molecule has 0 aliphatic heterocycles. The largest absolute Gasteiger partial charge is 0.455 e. The van der Waals surface area contributed by atoms with Gasteiger partial charge in [-0.25, -0.2) is 8.42 Å². The highest BCUT2D eigenvalue weighted by Gasteiger charge is 2.14. The highest BCUT2D eigenvalue weighted by atomic mass is 32.2. The zero-order valence-corrected chi connectivity index (χ0v) is 14.4. The smallest absolute Gasteiger partial charge is 0.291 e. The predicted molar refractivity (Wildman–Crippen MR) is 97.1 cm³/mol. The highest BCUT2D eigenvalue weighted by molar-refractivity contribution is 7.89. The van der Waals surface area contributed by atoms with Crippen LogP contribution in [0.25, 0.3) is 11.1 Å². The van der Waals surface area contributed by atoms with Crippen LogP contribution in [0.4, 0.5) is 5.69 Å². The number of carbonyl (C=O) groups is 1. The van der Waals surface area contributed by atoms with E-state index in [1.54, 1.807) is 12.1 Å². The summed E-state index contributed by atoms with van der Waals surface area (Å²) in [6.45, 7) is 0. The lowest BCUT2D eigenvalue weighted by atomic mass is 10.1. The molecule has 2 aromatic carbocycles. The molecule has 6 heteroatoms. The van der Waals surface area contributed by atoms with Gasteiger partial charge in [0.1, 0.15) is 11.5 Å². The summed E-state index contributed by atoms with van der Waals surface area (Å²) in [4.78, 5) is 12.2. The summed E-state index contributed by atoms with van der Waals surface area (Å²) in [5.74, 6) is -0.337. The van der Waals surface area contributed by atoms with Crippen LogP contribution in [0.15, 0.2) is 71.1 Å². The Kier molecular flexibility index (Phi) is 4.72. The monoisotopic (exact) mass is 355 g/mol. The fraction of sp³-hybridized carbons (Fsp3) is 0.105. The molecule has 0 saturated carbocycles. The van der Waals surface area contributed by atoms with Gasteiger partial charge in [0.05, 0.1) is 0 Å². The SMILES string of the molecule is CS(=O)(=O)Cc1ccc(C(=O)Nc2ccc(-c3ccccc3)cc2)o1. The molecular formula is C19H17NO4S. The van der Waals surface area contributed by atoms with Crippen LogP contribution in [0, 0.1) is 0 Å². The van der Waals surface area contributed by atoms with Crippen molar-refractivity contribution >= 4 is 21.4 Å². The van der Waals surface area contributed by atoms with Gasteiger partial charge in [0.15, 0.2) is 15.6 Å². The van der Waals surface area contributed by atoms with E-state index in [0.29, 0.717) is 5.69 Å². The fourth-order valence-electron chi connectivity index (χ4n) is 2.41. The maximum atomic E-state index is 12.2. The van der Waals surface area contributed by atoms with E-state index in [2.05, 4.69) is 5.32 Å². The number of hydrogen-bond donors (Lipinski definition) is 1. The van der Waals surface area contributed by atoms with Crippen LogP contribution in [0.2, 0.25) is 0 Å². The Morgan fingerprint density at radius 2 is 1.56 bits per heavy atom. The van der Waals surface area contributed by atoms with Crippen molar-refractivity contribution in [3.8, 4) is 11.1 Å². The Hall–Kier alpha value is -2.86. The van der Waals surface area contributed by atoms with Gasteiger partial charge >= 0.3 is 0 Å². The number of benzene rings is 2. The minimum Gasteiger partial charge on any atom is -0.455 e. The fourth-order valence-corrected chi connectivity index (χ4v) is 3.08. The molecule has 128 valence electrons. The van der Waals surface area contributed by atoms with Crippen LogP contribution in [0.3, 0.4) is 0 Å². The molecule has 0 bridgehead atoms. The average molecular weight is 355 g/mol. The number of carbonyl (C=O) groups excluding carboxylic acids is 1. The molecule has 3 rings (SSSR count). The summed E-state index contributed by atoms with van der Waals surface area (Å²) < 4.78 is 27.8. The first-order valence-corrected chi connectivity index (χ1v) is 9.70. The molecule has 1 aromatic heterocycles. The Labute approximate surface area is 146 Å². The third-order valence-electron chi connectivity index (χ3n) is 3.54. The van der Waals surface area contributed by atoms with E-state index in [1.807, 2.05) is 42.5 Å². The summed E-state index contributed by atoms with van der Waals surface area (Å²) >= 11 is 0. The van der Waals surface area contributed by atoms with Crippen LogP contribution in [0.1, 0.15) is 16.3 Å². The van der Waals surface area contributed by atoms with Crippen molar-refractivity contribution in [2.75, 3.05) is 11.6 Å². The van der Waals surface area contributed by atoms with Crippen molar-refractivity contribution in [1.29, 1.82) is 0 Å². The molecule has 1 amide bonds. The zero-order chi connectivity index (χ0) is 17.9. The van der Waals surface area contributed by atoms with E-state index in [1.165, 1.54) is 12.1 Å². The van der Waals surface area contributed by atoms with Gasteiger partial charge < -0.3 is 9.73 Å². The van der Waals surface area contributed by atoms with Crippen LogP contribution >= 0.6 is 0 Å². The first kappa shape index (κ1) is 17.0. The van der Waals surface area contributed by atoms with Gasteiger partial charge in [-0.2, -0.15) is 0 Å². The Balaban J connectivity index is 1.69. The second kappa shape index (κ2) is 6.94. The van der Waals surface area contributed by atoms with E-state index in [-0.39, 0.29) is 17.3 Å². The van der Waals surface area contributed by atoms with Crippen molar-refractivity contribution in [2.45, 2.75) is 5.75 Å². The van der Waals surface area contributed by atoms with Gasteiger partial charge in [-0.05, 0) is 35.4 Å². The number of nitrogens with one attached hydrogen (secondary N) is 1. The zero-order valence-electron chi connectivity index (χ0n) is 13.6. The summed E-state index contributed by atoms with van der Waals surface area (Å²) in [5.41, 5.74) is 2.77. The van der Waals surface area contributed by atoms with Gasteiger partial charge in [-0.3, -0.25) is 4.79 Å². The second-order valence-electron chi connectivity index (χ2n) is 5.73. The number of anilines is 1. The molecule has 1 heterocycles. The lowest BCUT2D eigenvalue weighted by molar-refractivity contribution is 0.0995. The average Bonchev–Trinajstić information content (AvgIpc) is 3.03. The first-order valence-electron chi connectivity index (χ1n) is 7.64. The van der Waals surface area contributed by atoms with E-state index in [0.717, 1.165) is 17.4 Å². The Bertz CT molecular complexity index is 974. The van der Waals surface area contributed by atoms with Crippen molar-refractivity contribution in [3.05, 3.63) is 78.3 Å². The van der Waals surface area contributed by atoms with Gasteiger partial charge in [0.2, 0.25) is 0 Å². The number of rotatable bonds is 5. The van der Waals surface area contributed by atoms with Crippen molar-refractivity contribution < 1.29 is 17.6 Å². The van der Waals surface area contributed by atoms with Crippen LogP contribution < -0.4 is 5.32 Å². The van der Waals surface area contributed by atoms with Gasteiger partial charge in [-0.1, -0.05) is 42.5 Å². The van der Waals surface area contributed by atoms with Gasteiger partial charge in [0, 0.05) is 11.9 Å². The van der Waals surface area contributed by atoms with Crippen molar-refractivity contribution in [2.24, 2.45) is 0 Å². The van der Waals surface area contributed by atoms with Gasteiger partial charge in [-0.15, -0.1) is 0 Å². The highest BCUT2D eigenvalue weighted by Crippen LogP contribution is 2.21. The van der Waals surface area contributed by atoms with Crippen molar-refractivity contribution in [3.63, 3.8) is 0 Å². The van der Waals surface area contributed by atoms with Crippen LogP contribution in [0.5, 0.6) is 0 Å². The topological polar surface area (TPSA) is 76.4 Å². The van der Waals surface area contributed by atoms with Crippen LogP contribution in [-0.2, 0) is 15.6 Å². The molecule has 0 radical (unpaired) electrons. The molecule has 0 aliphatic carbocycles. The molecule has 0 atom stereocenters. The van der Waals surface area contributed by atoms with E-state index in [4.69, 9.17) is 4.42 Å². The molecule has 0 spiro atoms. The molecule has 25 heavy (non-hydrogen) atoms. The van der Waals surface area contributed by atoms with E-state index in [9.17, 15) is 13.2 Å². The minimum atomic E-state index is -3.21. The molecule has 3 aromatic rings.